The molecule has 1 aromatic heterocycles. The van der Waals surface area contributed by atoms with Gasteiger partial charge in [-0.15, -0.1) is 0 Å². The molecular formula is C9H14Cl3N5O. The fraction of sp³-hybridized carbons (Fsp3) is 0.667. The van der Waals surface area contributed by atoms with Crippen molar-refractivity contribution in [1.82, 2.24) is 15.0 Å². The maximum atomic E-state index is 5.60. The first-order valence-corrected chi connectivity index (χ1v) is 6.12. The third kappa shape index (κ3) is 4.88. The van der Waals surface area contributed by atoms with Crippen LogP contribution in [-0.4, -0.2) is 53.5 Å². The number of ether oxygens (including phenoxy) is 1. The van der Waals surface area contributed by atoms with Gasteiger partial charge in [0.25, 0.3) is 0 Å². The summed E-state index contributed by atoms with van der Waals surface area (Å²) in [5.41, 5.74) is 0. The number of alkyl halides is 3. The van der Waals surface area contributed by atoms with Crippen molar-refractivity contribution >= 4 is 46.7 Å². The van der Waals surface area contributed by atoms with Crippen LogP contribution >= 0.6 is 34.8 Å². The van der Waals surface area contributed by atoms with Crippen molar-refractivity contribution in [3.63, 3.8) is 0 Å². The predicted octanol–water partition coefficient (Wildman–Crippen LogP) is 1.75. The van der Waals surface area contributed by atoms with Crippen LogP contribution in [0.5, 0.6) is 6.01 Å². The van der Waals surface area contributed by atoms with Crippen LogP contribution in [-0.2, 0) is 0 Å². The fourth-order valence-electron chi connectivity index (χ4n) is 0.946. The molecule has 0 bridgehead atoms. The molecular weight excluding hydrogens is 300 g/mol. The molecule has 0 aromatic carbocycles. The molecule has 1 heterocycles. The summed E-state index contributed by atoms with van der Waals surface area (Å²) in [6, 6.07) is 0.115. The number of rotatable bonds is 4. The number of hydrogen-bond acceptors (Lipinski definition) is 6. The topological polar surface area (TPSA) is 54.4 Å². The summed E-state index contributed by atoms with van der Waals surface area (Å²) in [4.78, 5) is 15.9. The molecule has 0 unspecified atom stereocenters. The van der Waals surface area contributed by atoms with E-state index in [4.69, 9.17) is 39.5 Å². The molecule has 0 aliphatic carbocycles. The minimum absolute atomic E-state index is 0.115. The monoisotopic (exact) mass is 313 g/mol. The van der Waals surface area contributed by atoms with Gasteiger partial charge in [-0.1, -0.05) is 34.8 Å². The van der Waals surface area contributed by atoms with Gasteiger partial charge in [0, 0.05) is 28.2 Å². The van der Waals surface area contributed by atoms with E-state index < -0.39 is 3.79 Å². The zero-order valence-electron chi connectivity index (χ0n) is 10.5. The molecule has 1 aromatic rings. The van der Waals surface area contributed by atoms with E-state index in [1.807, 2.05) is 28.2 Å². The molecule has 102 valence electrons. The molecule has 0 fully saturated rings. The van der Waals surface area contributed by atoms with Gasteiger partial charge in [-0.25, -0.2) is 0 Å². The second-order valence-corrected chi connectivity index (χ2v) is 6.43. The Morgan fingerprint density at radius 2 is 1.39 bits per heavy atom. The molecule has 0 radical (unpaired) electrons. The van der Waals surface area contributed by atoms with Crippen molar-refractivity contribution in [2.24, 2.45) is 0 Å². The molecule has 0 aliphatic rings. The predicted molar refractivity (Wildman–Crippen MR) is 74.3 cm³/mol. The van der Waals surface area contributed by atoms with Gasteiger partial charge in [-0.2, -0.15) is 15.0 Å². The van der Waals surface area contributed by atoms with Gasteiger partial charge >= 0.3 is 6.01 Å². The number of aromatic nitrogens is 3. The Kier molecular flexibility index (Phi) is 5.07. The van der Waals surface area contributed by atoms with Gasteiger partial charge in [-0.05, 0) is 0 Å². The van der Waals surface area contributed by atoms with Crippen LogP contribution < -0.4 is 14.5 Å². The molecule has 0 spiro atoms. The van der Waals surface area contributed by atoms with Crippen molar-refractivity contribution in [3.8, 4) is 6.01 Å². The van der Waals surface area contributed by atoms with Crippen molar-refractivity contribution in [3.05, 3.63) is 0 Å². The minimum atomic E-state index is -1.51. The van der Waals surface area contributed by atoms with Crippen LogP contribution in [0.1, 0.15) is 0 Å². The lowest BCUT2D eigenvalue weighted by atomic mass is 10.7. The normalized spacial score (nSPS) is 11.3. The molecule has 0 saturated carbocycles. The fourth-order valence-corrected chi connectivity index (χ4v) is 1.11. The molecule has 1 rings (SSSR count). The van der Waals surface area contributed by atoms with Gasteiger partial charge < -0.3 is 14.5 Å². The molecule has 0 amide bonds. The largest absolute Gasteiger partial charge is 0.459 e. The van der Waals surface area contributed by atoms with E-state index in [-0.39, 0.29) is 12.6 Å². The first-order chi connectivity index (χ1) is 8.19. The van der Waals surface area contributed by atoms with Crippen LogP contribution in [0.4, 0.5) is 11.9 Å². The summed E-state index contributed by atoms with van der Waals surface area (Å²) in [6.45, 7) is -0.137. The Hall–Kier alpha value is -0.720. The number of hydrogen-bond donors (Lipinski definition) is 0. The summed E-state index contributed by atoms with van der Waals surface area (Å²) in [7, 11) is 7.25. The highest BCUT2D eigenvalue weighted by atomic mass is 35.6. The quantitative estimate of drug-likeness (QED) is 0.789. The van der Waals surface area contributed by atoms with Crippen LogP contribution in [0.3, 0.4) is 0 Å². The van der Waals surface area contributed by atoms with E-state index in [2.05, 4.69) is 15.0 Å². The number of anilines is 2. The standard InChI is InChI=1S/C9H14Cl3N5O/c1-16(2)6-13-7(17(3)4)15-8(14-6)18-5-9(10,11)12/h5H2,1-4H3. The summed E-state index contributed by atoms with van der Waals surface area (Å²) < 4.78 is 3.73. The van der Waals surface area contributed by atoms with Gasteiger partial charge in [-0.3, -0.25) is 0 Å². The molecule has 0 saturated heterocycles. The van der Waals surface area contributed by atoms with Gasteiger partial charge in [0.1, 0.15) is 6.61 Å². The highest BCUT2D eigenvalue weighted by Crippen LogP contribution is 2.26. The lowest BCUT2D eigenvalue weighted by molar-refractivity contribution is 0.299. The Morgan fingerprint density at radius 3 is 1.72 bits per heavy atom. The van der Waals surface area contributed by atoms with Crippen LogP contribution in [0.25, 0.3) is 0 Å². The number of halogens is 3. The third-order valence-corrected chi connectivity index (χ3v) is 2.08. The van der Waals surface area contributed by atoms with Crippen LogP contribution in [0, 0.1) is 0 Å². The van der Waals surface area contributed by atoms with Gasteiger partial charge in [0.15, 0.2) is 0 Å². The van der Waals surface area contributed by atoms with Gasteiger partial charge in [0.2, 0.25) is 15.7 Å². The first kappa shape index (κ1) is 15.3. The van der Waals surface area contributed by atoms with Crippen LogP contribution in [0.15, 0.2) is 0 Å². The summed E-state index contributed by atoms with van der Waals surface area (Å²) in [5, 5.41) is 0. The van der Waals surface area contributed by atoms with E-state index in [1.54, 1.807) is 9.80 Å². The first-order valence-electron chi connectivity index (χ1n) is 4.99. The van der Waals surface area contributed by atoms with E-state index in [9.17, 15) is 0 Å². The van der Waals surface area contributed by atoms with Crippen molar-refractivity contribution < 1.29 is 4.74 Å². The Labute approximate surface area is 121 Å². The second kappa shape index (κ2) is 5.95. The van der Waals surface area contributed by atoms with Crippen molar-refractivity contribution in [2.75, 3.05) is 44.6 Å². The SMILES string of the molecule is CN(C)c1nc(OCC(Cl)(Cl)Cl)nc(N(C)C)n1. The van der Waals surface area contributed by atoms with E-state index >= 15 is 0 Å². The lowest BCUT2D eigenvalue weighted by Crippen LogP contribution is -2.21. The smallest absolute Gasteiger partial charge is 0.323 e. The Morgan fingerprint density at radius 1 is 0.944 bits per heavy atom. The molecule has 6 nitrogen and oxygen atoms in total. The summed E-state index contributed by atoms with van der Waals surface area (Å²) >= 11 is 16.8. The molecule has 0 aliphatic heterocycles. The zero-order valence-corrected chi connectivity index (χ0v) is 12.8. The van der Waals surface area contributed by atoms with Gasteiger partial charge in [0.05, 0.1) is 0 Å². The Bertz CT molecular complexity index is 381. The highest BCUT2D eigenvalue weighted by molar-refractivity contribution is 6.67. The van der Waals surface area contributed by atoms with E-state index in [0.717, 1.165) is 0 Å². The summed E-state index contributed by atoms with van der Waals surface area (Å²) in [6.07, 6.45) is 0. The maximum absolute atomic E-state index is 5.60. The second-order valence-electron chi connectivity index (χ2n) is 3.91. The van der Waals surface area contributed by atoms with Crippen molar-refractivity contribution in [2.45, 2.75) is 3.79 Å². The third-order valence-electron chi connectivity index (χ3n) is 1.76. The lowest BCUT2D eigenvalue weighted by Gasteiger charge is -2.17. The van der Waals surface area contributed by atoms with Crippen LogP contribution in [0.2, 0.25) is 0 Å². The molecule has 0 N–H and O–H groups in total. The van der Waals surface area contributed by atoms with E-state index in [1.165, 1.54) is 0 Å². The minimum Gasteiger partial charge on any atom is -0.459 e. The zero-order chi connectivity index (χ0) is 13.9. The molecule has 18 heavy (non-hydrogen) atoms. The number of nitrogens with zero attached hydrogens (tertiary/aromatic N) is 5. The average molecular weight is 315 g/mol. The van der Waals surface area contributed by atoms with E-state index in [0.29, 0.717) is 11.9 Å². The Balaban J connectivity index is 2.96. The average Bonchev–Trinajstić information content (AvgIpc) is 2.25. The summed E-state index contributed by atoms with van der Waals surface area (Å²) in [5.74, 6) is 0.932. The maximum Gasteiger partial charge on any atom is 0.323 e. The van der Waals surface area contributed by atoms with Crippen molar-refractivity contribution in [1.29, 1.82) is 0 Å². The molecule has 0 atom stereocenters. The molecule has 9 heteroatoms. The highest BCUT2D eigenvalue weighted by Gasteiger charge is 2.22.